The molecule has 25 heavy (non-hydrogen) atoms. The Bertz CT molecular complexity index is 1040. The molecule has 0 spiro atoms. The van der Waals surface area contributed by atoms with Gasteiger partial charge in [-0.3, -0.25) is 4.79 Å². The van der Waals surface area contributed by atoms with Gasteiger partial charge in [0.05, 0.1) is 6.42 Å². The van der Waals surface area contributed by atoms with Crippen molar-refractivity contribution in [2.24, 2.45) is 0 Å². The first-order valence-electron chi connectivity index (χ1n) is 7.95. The molecule has 5 nitrogen and oxygen atoms in total. The van der Waals surface area contributed by atoms with E-state index in [2.05, 4.69) is 20.5 Å². The van der Waals surface area contributed by atoms with Crippen LogP contribution in [0.5, 0.6) is 0 Å². The predicted molar refractivity (Wildman–Crippen MR) is 101 cm³/mol. The van der Waals surface area contributed by atoms with E-state index in [1.54, 1.807) is 0 Å². The van der Waals surface area contributed by atoms with E-state index in [0.717, 1.165) is 32.7 Å². The van der Waals surface area contributed by atoms with Gasteiger partial charge in [0.15, 0.2) is 0 Å². The Hall–Kier alpha value is -2.99. The fourth-order valence-electron chi connectivity index (χ4n) is 2.86. The molecule has 124 valence electrons. The van der Waals surface area contributed by atoms with Gasteiger partial charge in [-0.25, -0.2) is 0 Å². The highest BCUT2D eigenvalue weighted by Crippen LogP contribution is 2.27. The molecule has 0 aliphatic carbocycles. The van der Waals surface area contributed by atoms with E-state index in [1.165, 1.54) is 11.3 Å². The number of aromatic nitrogens is 3. The molecule has 4 rings (SSSR count). The van der Waals surface area contributed by atoms with Gasteiger partial charge in [-0.05, 0) is 18.6 Å². The van der Waals surface area contributed by atoms with E-state index in [-0.39, 0.29) is 5.91 Å². The van der Waals surface area contributed by atoms with Crippen LogP contribution in [-0.2, 0) is 11.2 Å². The van der Waals surface area contributed by atoms with Crippen LogP contribution >= 0.6 is 11.3 Å². The average Bonchev–Trinajstić information content (AvgIpc) is 3.21. The molecule has 4 aromatic rings. The van der Waals surface area contributed by atoms with E-state index < -0.39 is 0 Å². The molecule has 6 heteroatoms. The third-order valence-electron chi connectivity index (χ3n) is 4.06. The van der Waals surface area contributed by atoms with Crippen LogP contribution in [0.1, 0.15) is 11.3 Å². The minimum atomic E-state index is -0.0939. The van der Waals surface area contributed by atoms with Gasteiger partial charge in [-0.1, -0.05) is 59.9 Å². The zero-order chi connectivity index (χ0) is 17.2. The maximum absolute atomic E-state index is 12.4. The van der Waals surface area contributed by atoms with Crippen LogP contribution in [0.3, 0.4) is 0 Å². The number of hydrogen-bond acceptors (Lipinski definition) is 4. The minimum Gasteiger partial charge on any atom is -0.358 e. The summed E-state index contributed by atoms with van der Waals surface area (Å²) in [6, 6.07) is 17.8. The lowest BCUT2D eigenvalue weighted by atomic mass is 10.1. The topological polar surface area (TPSA) is 70.7 Å². The number of aryl methyl sites for hydroxylation is 1. The number of nitrogens with zero attached hydrogens (tertiary/aromatic N) is 2. The van der Waals surface area contributed by atoms with E-state index >= 15 is 0 Å². The first kappa shape index (κ1) is 15.5. The number of para-hydroxylation sites is 1. The van der Waals surface area contributed by atoms with Crippen molar-refractivity contribution in [1.29, 1.82) is 0 Å². The SMILES string of the molecule is Cc1[nH]c2ccccc2c1CC(=O)Nc1nnc(-c2ccccc2)s1. The Morgan fingerprint density at radius 3 is 2.68 bits per heavy atom. The summed E-state index contributed by atoms with van der Waals surface area (Å²) < 4.78 is 0. The molecule has 1 amide bonds. The number of rotatable bonds is 4. The van der Waals surface area contributed by atoms with Crippen molar-refractivity contribution in [3.8, 4) is 10.6 Å². The first-order valence-corrected chi connectivity index (χ1v) is 8.77. The smallest absolute Gasteiger partial charge is 0.230 e. The molecule has 2 heterocycles. The monoisotopic (exact) mass is 348 g/mol. The van der Waals surface area contributed by atoms with Crippen molar-refractivity contribution in [2.45, 2.75) is 13.3 Å². The van der Waals surface area contributed by atoms with Crippen LogP contribution in [0.15, 0.2) is 54.6 Å². The second-order valence-electron chi connectivity index (χ2n) is 5.78. The van der Waals surface area contributed by atoms with E-state index in [9.17, 15) is 4.79 Å². The Morgan fingerprint density at radius 2 is 1.84 bits per heavy atom. The molecule has 2 N–H and O–H groups in total. The van der Waals surface area contributed by atoms with Crippen molar-refractivity contribution in [1.82, 2.24) is 15.2 Å². The summed E-state index contributed by atoms with van der Waals surface area (Å²) in [6.45, 7) is 1.99. The highest BCUT2D eigenvalue weighted by Gasteiger charge is 2.14. The normalized spacial score (nSPS) is 10.9. The second-order valence-corrected chi connectivity index (χ2v) is 6.76. The summed E-state index contributed by atoms with van der Waals surface area (Å²) >= 11 is 1.37. The third kappa shape index (κ3) is 3.16. The molecule has 0 aliphatic rings. The molecule has 0 aliphatic heterocycles. The van der Waals surface area contributed by atoms with Crippen LogP contribution in [0.25, 0.3) is 21.5 Å². The molecule has 0 fully saturated rings. The molecular weight excluding hydrogens is 332 g/mol. The number of carbonyl (C=O) groups is 1. The Kier molecular flexibility index (Phi) is 4.03. The van der Waals surface area contributed by atoms with Crippen LogP contribution in [0, 0.1) is 6.92 Å². The predicted octanol–water partition coefficient (Wildman–Crippen LogP) is 4.18. The molecule has 0 atom stereocenters. The van der Waals surface area contributed by atoms with Crippen molar-refractivity contribution in [3.63, 3.8) is 0 Å². The highest BCUT2D eigenvalue weighted by atomic mass is 32.1. The number of nitrogens with one attached hydrogen (secondary N) is 2. The molecule has 0 saturated heterocycles. The molecule has 0 bridgehead atoms. The summed E-state index contributed by atoms with van der Waals surface area (Å²) in [7, 11) is 0. The fraction of sp³-hybridized carbons (Fsp3) is 0.105. The van der Waals surface area contributed by atoms with Crippen LogP contribution in [0.2, 0.25) is 0 Å². The number of fused-ring (bicyclic) bond motifs is 1. The highest BCUT2D eigenvalue weighted by molar-refractivity contribution is 7.18. The molecule has 0 saturated carbocycles. The standard InChI is InChI=1S/C19H16N4OS/c1-12-15(14-9-5-6-10-16(14)20-12)11-17(24)21-19-23-22-18(25-19)13-7-3-2-4-8-13/h2-10,20H,11H2,1H3,(H,21,23,24). The van der Waals surface area contributed by atoms with Gasteiger partial charge in [-0.15, -0.1) is 10.2 Å². The molecule has 0 radical (unpaired) electrons. The van der Waals surface area contributed by atoms with Crippen LogP contribution in [0.4, 0.5) is 5.13 Å². The van der Waals surface area contributed by atoms with Gasteiger partial charge < -0.3 is 10.3 Å². The minimum absolute atomic E-state index is 0.0939. The van der Waals surface area contributed by atoms with Crippen molar-refractivity contribution in [2.75, 3.05) is 5.32 Å². The molecule has 2 aromatic heterocycles. The Morgan fingerprint density at radius 1 is 1.08 bits per heavy atom. The molecule has 2 aromatic carbocycles. The van der Waals surface area contributed by atoms with Gasteiger partial charge in [0.25, 0.3) is 0 Å². The summed E-state index contributed by atoms with van der Waals surface area (Å²) in [5, 5.41) is 13.5. The fourth-order valence-corrected chi connectivity index (χ4v) is 3.62. The van der Waals surface area contributed by atoms with Gasteiger partial charge in [0, 0.05) is 22.2 Å². The van der Waals surface area contributed by atoms with Gasteiger partial charge >= 0.3 is 0 Å². The lowest BCUT2D eigenvalue weighted by Crippen LogP contribution is -2.14. The van der Waals surface area contributed by atoms with E-state index in [1.807, 2.05) is 61.5 Å². The van der Waals surface area contributed by atoms with Gasteiger partial charge in [0.2, 0.25) is 11.0 Å². The number of aromatic amines is 1. The van der Waals surface area contributed by atoms with E-state index in [0.29, 0.717) is 11.6 Å². The average molecular weight is 348 g/mol. The third-order valence-corrected chi connectivity index (χ3v) is 4.94. The number of anilines is 1. The molecule has 0 unspecified atom stereocenters. The van der Waals surface area contributed by atoms with Crippen LogP contribution in [-0.4, -0.2) is 21.1 Å². The largest absolute Gasteiger partial charge is 0.358 e. The maximum Gasteiger partial charge on any atom is 0.230 e. The number of H-pyrrole nitrogens is 1. The van der Waals surface area contributed by atoms with Crippen molar-refractivity contribution >= 4 is 33.3 Å². The quantitative estimate of drug-likeness (QED) is 0.581. The number of amides is 1. The summed E-state index contributed by atoms with van der Waals surface area (Å²) in [5.41, 5.74) is 4.07. The molecular formula is C19H16N4OS. The van der Waals surface area contributed by atoms with Crippen LogP contribution < -0.4 is 5.32 Å². The zero-order valence-electron chi connectivity index (χ0n) is 13.6. The number of carbonyl (C=O) groups excluding carboxylic acids is 1. The van der Waals surface area contributed by atoms with E-state index in [4.69, 9.17) is 0 Å². The Balaban J connectivity index is 1.51. The Labute approximate surface area is 148 Å². The van der Waals surface area contributed by atoms with Crippen molar-refractivity contribution in [3.05, 3.63) is 65.9 Å². The van der Waals surface area contributed by atoms with Crippen molar-refractivity contribution < 1.29 is 4.79 Å². The first-order chi connectivity index (χ1) is 12.2. The second kappa shape index (κ2) is 6.49. The number of benzene rings is 2. The number of hydrogen-bond donors (Lipinski definition) is 2. The van der Waals surface area contributed by atoms with Gasteiger partial charge in [-0.2, -0.15) is 0 Å². The van der Waals surface area contributed by atoms with Gasteiger partial charge in [0.1, 0.15) is 5.01 Å². The summed E-state index contributed by atoms with van der Waals surface area (Å²) in [4.78, 5) is 15.8. The summed E-state index contributed by atoms with van der Waals surface area (Å²) in [6.07, 6.45) is 0.302. The maximum atomic E-state index is 12.4. The lowest BCUT2D eigenvalue weighted by Gasteiger charge is -2.02. The lowest BCUT2D eigenvalue weighted by molar-refractivity contribution is -0.115. The summed E-state index contributed by atoms with van der Waals surface area (Å²) in [5.74, 6) is -0.0939. The zero-order valence-corrected chi connectivity index (χ0v) is 14.4.